The lowest BCUT2D eigenvalue weighted by Gasteiger charge is -2.34. The molecule has 0 radical (unpaired) electrons. The van der Waals surface area contributed by atoms with Crippen molar-refractivity contribution in [1.29, 1.82) is 0 Å². The minimum Gasteiger partial charge on any atom is -0.491 e. The van der Waals surface area contributed by atoms with Gasteiger partial charge in [-0.2, -0.15) is 0 Å². The van der Waals surface area contributed by atoms with Crippen LogP contribution in [0, 0.1) is 6.92 Å². The average molecular weight is 260 g/mol. The predicted octanol–water partition coefficient (Wildman–Crippen LogP) is 2.33. The van der Waals surface area contributed by atoms with Crippen LogP contribution in [0.1, 0.15) is 15.4 Å². The van der Waals surface area contributed by atoms with Crippen LogP contribution in [0.3, 0.4) is 0 Å². The van der Waals surface area contributed by atoms with E-state index < -0.39 is 0 Å². The van der Waals surface area contributed by atoms with Crippen LogP contribution in [-0.4, -0.2) is 17.1 Å². The third kappa shape index (κ3) is 2.26. The second-order valence-electron chi connectivity index (χ2n) is 4.96. The van der Waals surface area contributed by atoms with E-state index in [4.69, 9.17) is 10.5 Å². The van der Waals surface area contributed by atoms with Gasteiger partial charge in [0.2, 0.25) is 0 Å². The molecule has 0 saturated heterocycles. The van der Waals surface area contributed by atoms with Crippen molar-refractivity contribution in [2.75, 3.05) is 6.61 Å². The smallest absolute Gasteiger partial charge is 0.122 e. The van der Waals surface area contributed by atoms with Gasteiger partial charge in [-0.05, 0) is 25.0 Å². The van der Waals surface area contributed by atoms with Crippen LogP contribution in [0.25, 0.3) is 0 Å². The van der Waals surface area contributed by atoms with Crippen molar-refractivity contribution >= 4 is 11.3 Å². The van der Waals surface area contributed by atoms with E-state index >= 15 is 0 Å². The zero-order chi connectivity index (χ0) is 12.6. The Labute approximate surface area is 111 Å². The first kappa shape index (κ1) is 11.7. The van der Waals surface area contributed by atoms with Gasteiger partial charge in [0.1, 0.15) is 12.4 Å². The van der Waals surface area contributed by atoms with E-state index in [-0.39, 0.29) is 5.54 Å². The standard InChI is InChI=1S/C14H16N2OS/c1-10-16-8-12(18-10)7-14(15)6-11-4-2-3-5-13(11)17-9-14/h2-5,8H,6-7,9,15H2,1H3. The summed E-state index contributed by atoms with van der Waals surface area (Å²) in [5, 5.41) is 1.09. The highest BCUT2D eigenvalue weighted by atomic mass is 32.1. The Balaban J connectivity index is 1.81. The van der Waals surface area contributed by atoms with E-state index in [1.165, 1.54) is 10.4 Å². The third-order valence-corrected chi connectivity index (χ3v) is 4.14. The summed E-state index contributed by atoms with van der Waals surface area (Å²) >= 11 is 1.71. The van der Waals surface area contributed by atoms with Crippen molar-refractivity contribution < 1.29 is 4.74 Å². The molecule has 2 heterocycles. The largest absolute Gasteiger partial charge is 0.491 e. The number of nitrogens with two attached hydrogens (primary N) is 1. The summed E-state index contributed by atoms with van der Waals surface area (Å²) < 4.78 is 5.78. The number of aromatic nitrogens is 1. The van der Waals surface area contributed by atoms with Crippen LogP contribution in [0.5, 0.6) is 5.75 Å². The van der Waals surface area contributed by atoms with Crippen molar-refractivity contribution in [2.45, 2.75) is 25.3 Å². The fraction of sp³-hybridized carbons (Fsp3) is 0.357. The molecule has 1 aromatic carbocycles. The maximum atomic E-state index is 6.47. The number of fused-ring (bicyclic) bond motifs is 1. The summed E-state index contributed by atoms with van der Waals surface area (Å²) in [6.45, 7) is 2.59. The summed E-state index contributed by atoms with van der Waals surface area (Å²) in [5.41, 5.74) is 7.36. The maximum Gasteiger partial charge on any atom is 0.122 e. The Morgan fingerprint density at radius 1 is 1.44 bits per heavy atom. The summed E-state index contributed by atoms with van der Waals surface area (Å²) in [5.74, 6) is 0.971. The van der Waals surface area contributed by atoms with E-state index in [2.05, 4.69) is 11.1 Å². The van der Waals surface area contributed by atoms with Crippen molar-refractivity contribution in [2.24, 2.45) is 5.73 Å². The average Bonchev–Trinajstić information content (AvgIpc) is 2.74. The van der Waals surface area contributed by atoms with Gasteiger partial charge < -0.3 is 10.5 Å². The number of aryl methyl sites for hydroxylation is 1. The fourth-order valence-corrected chi connectivity index (χ4v) is 3.34. The second kappa shape index (κ2) is 4.37. The summed E-state index contributed by atoms with van der Waals surface area (Å²) in [6, 6.07) is 8.12. The molecule has 1 atom stereocenters. The van der Waals surface area contributed by atoms with Gasteiger partial charge >= 0.3 is 0 Å². The molecule has 0 saturated carbocycles. The quantitative estimate of drug-likeness (QED) is 0.901. The first-order valence-electron chi connectivity index (χ1n) is 6.06. The van der Waals surface area contributed by atoms with Gasteiger partial charge in [-0.25, -0.2) is 4.98 Å². The molecule has 0 fully saturated rings. The van der Waals surface area contributed by atoms with E-state index in [1.54, 1.807) is 11.3 Å². The van der Waals surface area contributed by atoms with E-state index in [9.17, 15) is 0 Å². The Bertz CT molecular complexity index is 566. The number of hydrogen-bond acceptors (Lipinski definition) is 4. The topological polar surface area (TPSA) is 48.1 Å². The molecule has 94 valence electrons. The van der Waals surface area contributed by atoms with Gasteiger partial charge in [0, 0.05) is 17.5 Å². The van der Waals surface area contributed by atoms with Crippen molar-refractivity contribution in [1.82, 2.24) is 4.98 Å². The highest BCUT2D eigenvalue weighted by Gasteiger charge is 2.32. The minimum absolute atomic E-state index is 0.312. The first-order chi connectivity index (χ1) is 8.65. The highest BCUT2D eigenvalue weighted by Crippen LogP contribution is 2.30. The molecule has 0 spiro atoms. The number of rotatable bonds is 2. The molecule has 3 rings (SSSR count). The number of para-hydroxylation sites is 1. The molecule has 0 amide bonds. The van der Waals surface area contributed by atoms with Crippen molar-refractivity contribution in [3.63, 3.8) is 0 Å². The fourth-order valence-electron chi connectivity index (χ4n) is 2.39. The van der Waals surface area contributed by atoms with Gasteiger partial charge in [0.05, 0.1) is 10.5 Å². The lowest BCUT2D eigenvalue weighted by molar-refractivity contribution is 0.190. The van der Waals surface area contributed by atoms with Gasteiger partial charge in [-0.3, -0.25) is 0 Å². The van der Waals surface area contributed by atoms with Gasteiger partial charge in [0.15, 0.2) is 0 Å². The normalized spacial score (nSPS) is 22.3. The lowest BCUT2D eigenvalue weighted by Crippen LogP contribution is -2.51. The Hall–Kier alpha value is -1.39. The van der Waals surface area contributed by atoms with Gasteiger partial charge in [0.25, 0.3) is 0 Å². The molecule has 4 heteroatoms. The number of benzene rings is 1. The molecule has 2 aromatic rings. The minimum atomic E-state index is -0.312. The maximum absolute atomic E-state index is 6.47. The molecule has 1 aromatic heterocycles. The highest BCUT2D eigenvalue weighted by molar-refractivity contribution is 7.11. The molecule has 0 bridgehead atoms. The molecule has 1 aliphatic rings. The Morgan fingerprint density at radius 3 is 3.06 bits per heavy atom. The zero-order valence-electron chi connectivity index (χ0n) is 10.3. The van der Waals surface area contributed by atoms with Gasteiger partial charge in [-0.1, -0.05) is 18.2 Å². The number of nitrogens with zero attached hydrogens (tertiary/aromatic N) is 1. The van der Waals surface area contributed by atoms with Crippen LogP contribution in [0.15, 0.2) is 30.5 Å². The molecule has 3 nitrogen and oxygen atoms in total. The molecule has 18 heavy (non-hydrogen) atoms. The Morgan fingerprint density at radius 2 is 2.28 bits per heavy atom. The van der Waals surface area contributed by atoms with Crippen LogP contribution < -0.4 is 10.5 Å². The third-order valence-electron chi connectivity index (χ3n) is 3.23. The molecule has 1 aliphatic heterocycles. The SMILES string of the molecule is Cc1ncc(CC2(N)COc3ccccc3C2)s1. The second-order valence-corrected chi connectivity index (χ2v) is 6.28. The van der Waals surface area contributed by atoms with Crippen LogP contribution in [0.2, 0.25) is 0 Å². The van der Waals surface area contributed by atoms with Crippen LogP contribution in [-0.2, 0) is 12.8 Å². The molecule has 2 N–H and O–H groups in total. The van der Waals surface area contributed by atoms with E-state index in [0.29, 0.717) is 6.61 Å². The summed E-state index contributed by atoms with van der Waals surface area (Å²) in [7, 11) is 0. The van der Waals surface area contributed by atoms with Gasteiger partial charge in [-0.15, -0.1) is 11.3 Å². The molecule has 0 aliphatic carbocycles. The van der Waals surface area contributed by atoms with E-state index in [1.807, 2.05) is 31.3 Å². The van der Waals surface area contributed by atoms with Crippen molar-refractivity contribution in [3.8, 4) is 5.75 Å². The molecular weight excluding hydrogens is 244 g/mol. The molecular formula is C14H16N2OS. The first-order valence-corrected chi connectivity index (χ1v) is 6.87. The van der Waals surface area contributed by atoms with E-state index in [0.717, 1.165) is 23.6 Å². The number of thiazole rings is 1. The lowest BCUT2D eigenvalue weighted by atomic mass is 9.86. The predicted molar refractivity (Wildman–Crippen MR) is 73.1 cm³/mol. The summed E-state index contributed by atoms with van der Waals surface area (Å²) in [4.78, 5) is 5.51. The number of hydrogen-bond donors (Lipinski definition) is 1. The van der Waals surface area contributed by atoms with Crippen LogP contribution in [0.4, 0.5) is 0 Å². The molecule has 1 unspecified atom stereocenters. The van der Waals surface area contributed by atoms with Crippen LogP contribution >= 0.6 is 11.3 Å². The summed E-state index contributed by atoms with van der Waals surface area (Å²) in [6.07, 6.45) is 3.61. The monoisotopic (exact) mass is 260 g/mol. The Kier molecular flexibility index (Phi) is 2.84. The zero-order valence-corrected chi connectivity index (χ0v) is 11.2. The number of ether oxygens (including phenoxy) is 1. The van der Waals surface area contributed by atoms with Crippen molar-refractivity contribution in [3.05, 3.63) is 45.9 Å².